The molecule has 0 radical (unpaired) electrons. The largest absolute Gasteiger partial charge is 0.748 e. The maximum atomic E-state index is 11.7. The summed E-state index contributed by atoms with van der Waals surface area (Å²) in [7, 11) is -4.23. The average molecular weight is 405 g/mol. The van der Waals surface area contributed by atoms with E-state index in [1.54, 1.807) is 0 Å². The molecule has 1 fully saturated rings. The van der Waals surface area contributed by atoms with E-state index in [1.807, 2.05) is 0 Å². The van der Waals surface area contributed by atoms with Crippen LogP contribution in [0.3, 0.4) is 0 Å². The van der Waals surface area contributed by atoms with E-state index >= 15 is 0 Å². The highest BCUT2D eigenvalue weighted by molar-refractivity contribution is 7.86. The third-order valence-electron chi connectivity index (χ3n) is 6.14. The second-order valence-electron chi connectivity index (χ2n) is 8.68. The highest BCUT2D eigenvalue weighted by atomic mass is 32.2. The zero-order valence-corrected chi connectivity index (χ0v) is 18.5. The van der Waals surface area contributed by atoms with Crippen molar-refractivity contribution in [1.82, 2.24) is 0 Å². The Bertz CT molecular complexity index is 460. The van der Waals surface area contributed by atoms with E-state index in [4.69, 9.17) is 5.84 Å². The van der Waals surface area contributed by atoms with Gasteiger partial charge in [-0.05, 0) is 32.1 Å². The molecule has 162 valence electrons. The quantitative estimate of drug-likeness (QED) is 0.183. The van der Waals surface area contributed by atoms with Crippen LogP contribution >= 0.6 is 0 Å². The first-order valence-electron chi connectivity index (χ1n) is 11.5. The van der Waals surface area contributed by atoms with Gasteiger partial charge in [0.1, 0.15) is 0 Å². The molecule has 5 nitrogen and oxygen atoms in total. The van der Waals surface area contributed by atoms with Crippen molar-refractivity contribution in [2.24, 2.45) is 5.84 Å². The molecule has 1 atom stereocenters. The van der Waals surface area contributed by atoms with Crippen LogP contribution < -0.4 is 5.84 Å². The molecule has 27 heavy (non-hydrogen) atoms. The number of rotatable bonds is 15. The van der Waals surface area contributed by atoms with Gasteiger partial charge in [0.2, 0.25) is 0 Å². The summed E-state index contributed by atoms with van der Waals surface area (Å²) in [5.41, 5.74) is 0. The minimum Gasteiger partial charge on any atom is -0.748 e. The van der Waals surface area contributed by atoms with Gasteiger partial charge in [-0.3, -0.25) is 0 Å². The van der Waals surface area contributed by atoms with Crippen LogP contribution in [-0.2, 0) is 10.1 Å². The molecule has 1 saturated heterocycles. The first-order valence-corrected chi connectivity index (χ1v) is 12.9. The lowest BCUT2D eigenvalue weighted by molar-refractivity contribution is -0.939. The molecule has 6 heteroatoms. The van der Waals surface area contributed by atoms with Gasteiger partial charge in [0, 0.05) is 6.42 Å². The minimum atomic E-state index is -4.23. The Labute approximate surface area is 168 Å². The van der Waals surface area contributed by atoms with Crippen LogP contribution in [0.15, 0.2) is 0 Å². The van der Waals surface area contributed by atoms with E-state index in [9.17, 15) is 13.0 Å². The Morgan fingerprint density at radius 2 is 1.30 bits per heavy atom. The third kappa shape index (κ3) is 12.1. The van der Waals surface area contributed by atoms with Crippen LogP contribution in [-0.4, -0.2) is 42.4 Å². The highest BCUT2D eigenvalue weighted by Gasteiger charge is 2.27. The van der Waals surface area contributed by atoms with Crippen molar-refractivity contribution in [2.45, 2.75) is 115 Å². The predicted molar refractivity (Wildman–Crippen MR) is 112 cm³/mol. The number of likely N-dealkylation sites (tertiary alicyclic amines) is 1. The lowest BCUT2D eigenvalue weighted by Gasteiger charge is -2.33. The van der Waals surface area contributed by atoms with Crippen LogP contribution in [0.2, 0.25) is 0 Å². The highest BCUT2D eigenvalue weighted by Crippen LogP contribution is 2.20. The third-order valence-corrected chi connectivity index (χ3v) is 7.43. The molecule has 0 aromatic heterocycles. The molecule has 1 aliphatic rings. The molecule has 1 aliphatic heterocycles. The van der Waals surface area contributed by atoms with Crippen molar-refractivity contribution in [3.05, 3.63) is 0 Å². The first kappa shape index (κ1) is 24.9. The molecule has 0 aromatic carbocycles. The zero-order valence-electron chi connectivity index (χ0n) is 17.7. The Balaban J connectivity index is 2.21. The molecule has 1 rings (SSSR count). The van der Waals surface area contributed by atoms with E-state index in [2.05, 4.69) is 6.92 Å². The predicted octanol–water partition coefficient (Wildman–Crippen LogP) is 4.87. The number of nitrogens with two attached hydrogens (primary N) is 1. The molecule has 1 heterocycles. The van der Waals surface area contributed by atoms with Crippen molar-refractivity contribution in [3.8, 4) is 0 Å². The van der Waals surface area contributed by atoms with Crippen molar-refractivity contribution < 1.29 is 17.6 Å². The van der Waals surface area contributed by atoms with Crippen molar-refractivity contribution in [2.75, 3.05) is 19.6 Å². The van der Waals surface area contributed by atoms with E-state index in [-0.39, 0.29) is 0 Å². The monoisotopic (exact) mass is 404 g/mol. The van der Waals surface area contributed by atoms with Gasteiger partial charge in [-0.15, -0.1) is 0 Å². The van der Waals surface area contributed by atoms with Crippen LogP contribution in [0.25, 0.3) is 0 Å². The van der Waals surface area contributed by atoms with Crippen molar-refractivity contribution in [1.29, 1.82) is 0 Å². The fourth-order valence-corrected chi connectivity index (χ4v) is 5.09. The standard InChI is InChI=1S/C21H44N2O3S/c1-2-3-4-5-6-7-8-9-10-13-16-21(27(24,25)26)17-20-23(22)18-14-11-12-15-19-23/h21H,2-20,22H2,1H3. The van der Waals surface area contributed by atoms with Gasteiger partial charge in [0.25, 0.3) is 0 Å². The van der Waals surface area contributed by atoms with Crippen LogP contribution in [0, 0.1) is 0 Å². The number of unbranched alkanes of at least 4 members (excludes halogenated alkanes) is 9. The Morgan fingerprint density at radius 1 is 0.815 bits per heavy atom. The molecule has 0 amide bonds. The van der Waals surface area contributed by atoms with E-state index in [0.29, 0.717) is 24.0 Å². The number of hydrogen-bond donors (Lipinski definition) is 1. The number of quaternary nitrogens is 1. The van der Waals surface area contributed by atoms with Gasteiger partial charge in [-0.2, -0.15) is 5.84 Å². The summed E-state index contributed by atoms with van der Waals surface area (Å²) in [4.78, 5) is 0. The van der Waals surface area contributed by atoms with Gasteiger partial charge >= 0.3 is 0 Å². The summed E-state index contributed by atoms with van der Waals surface area (Å²) in [5.74, 6) is 6.44. The number of hydrogen-bond acceptors (Lipinski definition) is 4. The summed E-state index contributed by atoms with van der Waals surface area (Å²) in [5, 5.41) is -0.756. The molecule has 2 N–H and O–H groups in total. The smallest absolute Gasteiger partial charge is 0.0977 e. The van der Waals surface area contributed by atoms with Crippen LogP contribution in [0.4, 0.5) is 0 Å². The normalized spacial score (nSPS) is 18.9. The zero-order chi connectivity index (χ0) is 20.0. The second kappa shape index (κ2) is 13.9. The van der Waals surface area contributed by atoms with Gasteiger partial charge in [0.15, 0.2) is 0 Å². The molecule has 0 aliphatic carbocycles. The maximum absolute atomic E-state index is 11.7. The SMILES string of the molecule is CCCCCCCCCCCCC(CC[N+]1(N)CCCCCC1)S(=O)(=O)[O-]. The van der Waals surface area contributed by atoms with Crippen LogP contribution in [0.1, 0.15) is 110 Å². The maximum Gasteiger partial charge on any atom is 0.0977 e. The molecule has 0 bridgehead atoms. The van der Waals surface area contributed by atoms with E-state index in [1.165, 1.54) is 57.8 Å². The molecular formula is C21H44N2O3S. The Morgan fingerprint density at radius 3 is 1.78 bits per heavy atom. The molecule has 0 saturated carbocycles. The summed E-state index contributed by atoms with van der Waals surface area (Å²) in [6.07, 6.45) is 17.7. The van der Waals surface area contributed by atoms with E-state index in [0.717, 1.165) is 45.2 Å². The fraction of sp³-hybridized carbons (Fsp3) is 1.00. The summed E-state index contributed by atoms with van der Waals surface area (Å²) < 4.78 is 35.4. The Hall–Kier alpha value is -0.170. The molecular weight excluding hydrogens is 360 g/mol. The lowest BCUT2D eigenvalue weighted by Crippen LogP contribution is -2.56. The summed E-state index contributed by atoms with van der Waals surface area (Å²) in [6.45, 7) is 4.66. The van der Waals surface area contributed by atoms with Gasteiger partial charge in [-0.25, -0.2) is 13.0 Å². The second-order valence-corrected chi connectivity index (χ2v) is 10.3. The molecule has 0 aromatic rings. The molecule has 1 unspecified atom stereocenters. The number of nitrogens with zero attached hydrogens (tertiary/aromatic N) is 1. The van der Waals surface area contributed by atoms with Gasteiger partial charge in [0.05, 0.1) is 35.0 Å². The average Bonchev–Trinajstić information content (AvgIpc) is 2.83. The fourth-order valence-electron chi connectivity index (χ4n) is 4.24. The van der Waals surface area contributed by atoms with Crippen molar-refractivity contribution >= 4 is 10.1 Å². The minimum absolute atomic E-state index is 0.416. The first-order chi connectivity index (χ1) is 12.9. The molecule has 0 spiro atoms. The van der Waals surface area contributed by atoms with E-state index < -0.39 is 15.4 Å². The Kier molecular flexibility index (Phi) is 12.8. The summed E-state index contributed by atoms with van der Waals surface area (Å²) >= 11 is 0. The van der Waals surface area contributed by atoms with Gasteiger partial charge < -0.3 is 4.55 Å². The lowest BCUT2D eigenvalue weighted by atomic mass is 10.0. The van der Waals surface area contributed by atoms with Crippen LogP contribution in [0.5, 0.6) is 0 Å². The van der Waals surface area contributed by atoms with Gasteiger partial charge in [-0.1, -0.05) is 71.1 Å². The van der Waals surface area contributed by atoms with Crippen molar-refractivity contribution in [3.63, 3.8) is 0 Å². The topological polar surface area (TPSA) is 83.2 Å². The summed E-state index contributed by atoms with van der Waals surface area (Å²) in [6, 6.07) is 0.